The second-order valence-electron chi connectivity index (χ2n) is 7.48. The fraction of sp³-hybridized carbons (Fsp3) is 0.588. The standard InChI is InChI=1S/C17H19Br2N5O3/c1-17(2)26-12-9(5-10(18)19)25-16(13(12)27-17)24-7-22-11-14(23-8-3-4-8)20-6-21-15(11)24/h5-9,12-13,16H,3-4H2,1-2H3,(H,20,21,23)/t9-,12-,13-,16-/m1/s1. The van der Waals surface area contributed by atoms with Crippen molar-refractivity contribution in [2.24, 2.45) is 0 Å². The zero-order chi connectivity index (χ0) is 18.8. The molecule has 3 fully saturated rings. The first-order valence-corrected chi connectivity index (χ1v) is 10.5. The second-order valence-corrected chi connectivity index (χ2v) is 10.3. The van der Waals surface area contributed by atoms with Crippen molar-refractivity contribution < 1.29 is 14.2 Å². The van der Waals surface area contributed by atoms with Crippen LogP contribution >= 0.6 is 31.9 Å². The monoisotopic (exact) mass is 499 g/mol. The molecule has 2 aromatic rings. The number of imidazole rings is 1. The number of anilines is 1. The molecule has 8 nitrogen and oxygen atoms in total. The van der Waals surface area contributed by atoms with Crippen LogP contribution in [0.2, 0.25) is 0 Å². The van der Waals surface area contributed by atoms with E-state index in [9.17, 15) is 0 Å². The van der Waals surface area contributed by atoms with Gasteiger partial charge in [-0.05, 0) is 64.6 Å². The van der Waals surface area contributed by atoms with Crippen molar-refractivity contribution in [3.05, 3.63) is 22.1 Å². The van der Waals surface area contributed by atoms with Crippen LogP contribution in [0, 0.1) is 0 Å². The molecule has 0 amide bonds. The Morgan fingerprint density at radius 1 is 1.22 bits per heavy atom. The van der Waals surface area contributed by atoms with E-state index in [2.05, 4.69) is 52.1 Å². The molecule has 0 radical (unpaired) electrons. The first-order chi connectivity index (χ1) is 12.9. The summed E-state index contributed by atoms with van der Waals surface area (Å²) in [6.07, 6.45) is 6.39. The molecule has 2 aromatic heterocycles. The van der Waals surface area contributed by atoms with Crippen LogP contribution in [-0.4, -0.2) is 49.7 Å². The van der Waals surface area contributed by atoms with E-state index in [1.165, 1.54) is 0 Å². The lowest BCUT2D eigenvalue weighted by atomic mass is 10.1. The normalized spacial score (nSPS) is 31.9. The summed E-state index contributed by atoms with van der Waals surface area (Å²) in [6.45, 7) is 3.83. The number of ether oxygens (including phenoxy) is 3. The summed E-state index contributed by atoms with van der Waals surface area (Å²) in [5, 5.41) is 3.41. The third-order valence-corrected chi connectivity index (χ3v) is 5.44. The highest BCUT2D eigenvalue weighted by atomic mass is 79.9. The van der Waals surface area contributed by atoms with Gasteiger partial charge in [-0.1, -0.05) is 0 Å². The summed E-state index contributed by atoms with van der Waals surface area (Å²) >= 11 is 6.82. The van der Waals surface area contributed by atoms with Crippen LogP contribution in [0.25, 0.3) is 11.2 Å². The zero-order valence-corrected chi connectivity index (χ0v) is 18.0. The van der Waals surface area contributed by atoms with Crippen LogP contribution < -0.4 is 5.32 Å². The minimum Gasteiger partial charge on any atom is -0.365 e. The zero-order valence-electron chi connectivity index (χ0n) is 14.8. The van der Waals surface area contributed by atoms with Crippen LogP contribution in [0.15, 0.2) is 22.1 Å². The summed E-state index contributed by atoms with van der Waals surface area (Å²) in [7, 11) is 0. The molecule has 3 aliphatic rings. The SMILES string of the molecule is CC1(C)O[C@@H]2[C@H](O1)[C@@H](C=C(Br)Br)O[C@H]2n1cnc2c(NC3CC3)ncnc21. The van der Waals surface area contributed by atoms with Crippen molar-refractivity contribution >= 4 is 48.8 Å². The van der Waals surface area contributed by atoms with Gasteiger partial charge in [0.25, 0.3) is 0 Å². The van der Waals surface area contributed by atoms with Gasteiger partial charge in [0.2, 0.25) is 0 Å². The van der Waals surface area contributed by atoms with E-state index in [1.54, 1.807) is 12.7 Å². The maximum absolute atomic E-state index is 6.27. The average molecular weight is 501 g/mol. The molecule has 0 spiro atoms. The Morgan fingerprint density at radius 2 is 2.00 bits per heavy atom. The van der Waals surface area contributed by atoms with Gasteiger partial charge in [-0.3, -0.25) is 4.57 Å². The topological polar surface area (TPSA) is 83.3 Å². The Hall–Kier alpha value is -1.07. The Kier molecular flexibility index (Phi) is 4.32. The second kappa shape index (κ2) is 6.48. The van der Waals surface area contributed by atoms with Crippen molar-refractivity contribution in [2.45, 2.75) is 63.1 Å². The Morgan fingerprint density at radius 3 is 2.74 bits per heavy atom. The fourth-order valence-electron chi connectivity index (χ4n) is 3.65. The number of rotatable bonds is 4. The predicted molar refractivity (Wildman–Crippen MR) is 106 cm³/mol. The van der Waals surface area contributed by atoms with E-state index in [0.717, 1.165) is 27.6 Å². The quantitative estimate of drug-likeness (QED) is 0.688. The highest BCUT2D eigenvalue weighted by Gasteiger charge is 2.55. The van der Waals surface area contributed by atoms with Crippen LogP contribution in [-0.2, 0) is 14.2 Å². The lowest BCUT2D eigenvalue weighted by Crippen LogP contribution is -2.28. The lowest BCUT2D eigenvalue weighted by molar-refractivity contribution is -0.191. The van der Waals surface area contributed by atoms with Gasteiger partial charge in [-0.25, -0.2) is 15.0 Å². The molecule has 1 N–H and O–H groups in total. The molecule has 0 unspecified atom stereocenters. The van der Waals surface area contributed by atoms with E-state index >= 15 is 0 Å². The number of hydrogen-bond acceptors (Lipinski definition) is 7. The summed E-state index contributed by atoms with van der Waals surface area (Å²) in [5.41, 5.74) is 1.45. The van der Waals surface area contributed by atoms with Crippen molar-refractivity contribution in [1.29, 1.82) is 0 Å². The fourth-order valence-corrected chi connectivity index (χ4v) is 4.18. The molecule has 0 bridgehead atoms. The number of nitrogens with zero attached hydrogens (tertiary/aromatic N) is 4. The number of fused-ring (bicyclic) bond motifs is 2. The molecule has 2 saturated heterocycles. The van der Waals surface area contributed by atoms with Gasteiger partial charge in [-0.2, -0.15) is 0 Å². The third kappa shape index (κ3) is 3.31. The van der Waals surface area contributed by atoms with Crippen LogP contribution in [0.5, 0.6) is 0 Å². The van der Waals surface area contributed by atoms with Gasteiger partial charge in [0.1, 0.15) is 24.6 Å². The Balaban J connectivity index is 1.52. The molecule has 27 heavy (non-hydrogen) atoms. The van der Waals surface area contributed by atoms with Crippen LogP contribution in [0.3, 0.4) is 0 Å². The van der Waals surface area contributed by atoms with Crippen molar-refractivity contribution in [1.82, 2.24) is 19.5 Å². The van der Waals surface area contributed by atoms with E-state index in [-0.39, 0.29) is 18.3 Å². The molecule has 5 rings (SSSR count). The van der Waals surface area contributed by atoms with Crippen molar-refractivity contribution in [3.63, 3.8) is 0 Å². The third-order valence-electron chi connectivity index (χ3n) is 4.91. The van der Waals surface area contributed by atoms with Gasteiger partial charge < -0.3 is 19.5 Å². The van der Waals surface area contributed by atoms with Gasteiger partial charge in [0.05, 0.1) is 9.72 Å². The first-order valence-electron chi connectivity index (χ1n) is 8.89. The molecule has 144 valence electrons. The number of aromatic nitrogens is 4. The number of hydrogen-bond donors (Lipinski definition) is 1. The summed E-state index contributed by atoms with van der Waals surface area (Å²) in [5.74, 6) is 0.0890. The smallest absolute Gasteiger partial charge is 0.167 e. The van der Waals surface area contributed by atoms with E-state index in [1.807, 2.05) is 24.5 Å². The molecular weight excluding hydrogens is 482 g/mol. The first kappa shape index (κ1) is 18.0. The largest absolute Gasteiger partial charge is 0.365 e. The molecule has 1 saturated carbocycles. The van der Waals surface area contributed by atoms with Gasteiger partial charge in [0.15, 0.2) is 29.0 Å². The van der Waals surface area contributed by atoms with Crippen LogP contribution in [0.1, 0.15) is 32.9 Å². The highest BCUT2D eigenvalue weighted by Crippen LogP contribution is 2.45. The summed E-state index contributed by atoms with van der Waals surface area (Å²) < 4.78 is 21.3. The molecular formula is C17H19Br2N5O3. The number of halogens is 2. The molecule has 1 aliphatic carbocycles. The average Bonchev–Trinajstić information content (AvgIpc) is 3.08. The van der Waals surface area contributed by atoms with Gasteiger partial charge in [-0.15, -0.1) is 0 Å². The maximum atomic E-state index is 6.27. The minimum absolute atomic E-state index is 0.224. The Bertz CT molecular complexity index is 909. The molecule has 10 heteroatoms. The van der Waals surface area contributed by atoms with E-state index in [4.69, 9.17) is 14.2 Å². The molecule has 4 atom stereocenters. The van der Waals surface area contributed by atoms with Crippen LogP contribution in [0.4, 0.5) is 5.82 Å². The summed E-state index contributed by atoms with van der Waals surface area (Å²) in [4.78, 5) is 13.3. The predicted octanol–water partition coefficient (Wildman–Crippen LogP) is 3.45. The van der Waals surface area contributed by atoms with Crippen molar-refractivity contribution in [2.75, 3.05) is 5.32 Å². The van der Waals surface area contributed by atoms with Gasteiger partial charge >= 0.3 is 0 Å². The van der Waals surface area contributed by atoms with E-state index < -0.39 is 12.0 Å². The summed E-state index contributed by atoms with van der Waals surface area (Å²) in [6, 6.07) is 0.485. The highest BCUT2D eigenvalue weighted by molar-refractivity contribution is 9.28. The molecule has 2 aliphatic heterocycles. The van der Waals surface area contributed by atoms with E-state index in [0.29, 0.717) is 11.7 Å². The number of nitrogens with one attached hydrogen (secondary N) is 1. The lowest BCUT2D eigenvalue weighted by Gasteiger charge is -2.24. The molecule has 4 heterocycles. The molecule has 0 aromatic carbocycles. The van der Waals surface area contributed by atoms with Gasteiger partial charge in [0, 0.05) is 6.04 Å². The van der Waals surface area contributed by atoms with Crippen molar-refractivity contribution in [3.8, 4) is 0 Å². The maximum Gasteiger partial charge on any atom is 0.167 e. The Labute approximate surface area is 172 Å². The minimum atomic E-state index is -0.674.